The third kappa shape index (κ3) is 4.05. The number of carbonyl (C=O) groups excluding carboxylic acids is 1. The molecule has 1 atom stereocenters. The van der Waals surface area contributed by atoms with Gasteiger partial charge in [0.2, 0.25) is 0 Å². The lowest BCUT2D eigenvalue weighted by Gasteiger charge is -2.34. The van der Waals surface area contributed by atoms with Gasteiger partial charge in [0.05, 0.1) is 0 Å². The first-order valence-corrected chi connectivity index (χ1v) is 9.48. The van der Waals surface area contributed by atoms with Crippen LogP contribution in [0.1, 0.15) is 30.2 Å². The van der Waals surface area contributed by atoms with E-state index >= 15 is 0 Å². The summed E-state index contributed by atoms with van der Waals surface area (Å²) in [5.74, 6) is 0.367. The number of likely N-dealkylation sites (tertiary alicyclic amines) is 1. The fraction of sp³-hybridized carbons (Fsp3) is 0.706. The van der Waals surface area contributed by atoms with Crippen molar-refractivity contribution in [3.63, 3.8) is 0 Å². The summed E-state index contributed by atoms with van der Waals surface area (Å²) in [7, 11) is 0. The molecule has 3 rings (SSSR count). The monoisotopic (exact) mass is 337 g/mol. The molecule has 2 amide bonds. The lowest BCUT2D eigenvalue weighted by Crippen LogP contribution is -2.49. The average molecular weight is 337 g/mol. The van der Waals surface area contributed by atoms with Crippen molar-refractivity contribution in [3.8, 4) is 0 Å². The van der Waals surface area contributed by atoms with Gasteiger partial charge in [0, 0.05) is 50.2 Å². The Kier molecular flexibility index (Phi) is 5.56. The van der Waals surface area contributed by atoms with E-state index in [1.54, 1.807) is 0 Å². The molecule has 2 N–H and O–H groups in total. The summed E-state index contributed by atoms with van der Waals surface area (Å²) in [4.78, 5) is 18.1. The van der Waals surface area contributed by atoms with Gasteiger partial charge in [-0.05, 0) is 49.1 Å². The maximum absolute atomic E-state index is 12.3. The number of nitrogens with zero attached hydrogens (tertiary/aromatic N) is 2. The van der Waals surface area contributed by atoms with Crippen LogP contribution >= 0.6 is 11.3 Å². The van der Waals surface area contributed by atoms with Gasteiger partial charge in [-0.25, -0.2) is 4.79 Å². The summed E-state index contributed by atoms with van der Waals surface area (Å²) < 4.78 is 0. The molecule has 0 bridgehead atoms. The standard InChI is InChI=1S/C17H27N3O2S/c1-13(20-8-4-16-15(11-20)5-9-23-16)10-18-17(22)19-6-2-14(12-21)3-7-19/h5,9,13-14,21H,2-4,6-8,10-12H2,1H3,(H,18,22). The van der Waals surface area contributed by atoms with Gasteiger partial charge in [-0.15, -0.1) is 11.3 Å². The topological polar surface area (TPSA) is 55.8 Å². The van der Waals surface area contributed by atoms with Crippen molar-refractivity contribution >= 4 is 17.4 Å². The third-order valence-corrected chi connectivity index (χ3v) is 6.19. The average Bonchev–Trinajstić information content (AvgIpc) is 3.07. The second-order valence-electron chi connectivity index (χ2n) is 6.74. The highest BCUT2D eigenvalue weighted by Gasteiger charge is 2.24. The molecule has 1 aromatic rings. The van der Waals surface area contributed by atoms with Crippen molar-refractivity contribution in [2.75, 3.05) is 32.8 Å². The number of carbonyl (C=O) groups is 1. The largest absolute Gasteiger partial charge is 0.396 e. The van der Waals surface area contributed by atoms with Gasteiger partial charge in [-0.1, -0.05) is 0 Å². The summed E-state index contributed by atoms with van der Waals surface area (Å²) in [6, 6.07) is 2.62. The summed E-state index contributed by atoms with van der Waals surface area (Å²) in [6.07, 6.45) is 2.94. The predicted octanol–water partition coefficient (Wildman–Crippen LogP) is 1.91. The van der Waals surface area contributed by atoms with Crippen LogP contribution in [0.4, 0.5) is 4.79 Å². The van der Waals surface area contributed by atoms with E-state index in [-0.39, 0.29) is 12.6 Å². The van der Waals surface area contributed by atoms with E-state index in [0.29, 0.717) is 18.5 Å². The molecule has 1 aromatic heterocycles. The van der Waals surface area contributed by atoms with Crippen molar-refractivity contribution in [1.29, 1.82) is 0 Å². The molecule has 6 heteroatoms. The van der Waals surface area contributed by atoms with Crippen molar-refractivity contribution in [1.82, 2.24) is 15.1 Å². The fourth-order valence-electron chi connectivity index (χ4n) is 3.44. The molecule has 0 radical (unpaired) electrons. The number of urea groups is 1. The number of thiophene rings is 1. The maximum atomic E-state index is 12.3. The Labute approximate surface area is 142 Å². The number of amides is 2. The molecule has 1 saturated heterocycles. The normalized spacial score (nSPS) is 21.0. The van der Waals surface area contributed by atoms with Gasteiger partial charge in [-0.2, -0.15) is 0 Å². The van der Waals surface area contributed by atoms with E-state index in [0.717, 1.165) is 45.4 Å². The predicted molar refractivity (Wildman–Crippen MR) is 92.7 cm³/mol. The molecule has 1 unspecified atom stereocenters. The van der Waals surface area contributed by atoms with Gasteiger partial charge in [0.25, 0.3) is 0 Å². The molecular weight excluding hydrogens is 310 g/mol. The number of aliphatic hydroxyl groups is 1. The van der Waals surface area contributed by atoms with Gasteiger partial charge >= 0.3 is 6.03 Å². The number of hydrogen-bond acceptors (Lipinski definition) is 4. The zero-order valence-corrected chi connectivity index (χ0v) is 14.6. The molecule has 0 aliphatic carbocycles. The molecule has 128 valence electrons. The van der Waals surface area contributed by atoms with Crippen LogP contribution in [-0.2, 0) is 13.0 Å². The Morgan fingerprint density at radius 1 is 1.43 bits per heavy atom. The first-order valence-electron chi connectivity index (χ1n) is 8.60. The van der Waals surface area contributed by atoms with E-state index in [1.165, 1.54) is 10.4 Å². The van der Waals surface area contributed by atoms with Crippen LogP contribution < -0.4 is 5.32 Å². The minimum atomic E-state index is 0.0430. The van der Waals surface area contributed by atoms with Crippen LogP contribution in [0, 0.1) is 5.92 Å². The quantitative estimate of drug-likeness (QED) is 0.882. The third-order valence-electron chi connectivity index (χ3n) is 5.17. The zero-order valence-electron chi connectivity index (χ0n) is 13.8. The van der Waals surface area contributed by atoms with Crippen LogP contribution in [0.15, 0.2) is 11.4 Å². The molecule has 5 nitrogen and oxygen atoms in total. The molecule has 0 aromatic carbocycles. The molecule has 2 aliphatic rings. The Balaban J connectivity index is 1.42. The highest BCUT2D eigenvalue weighted by molar-refractivity contribution is 7.10. The van der Waals surface area contributed by atoms with E-state index < -0.39 is 0 Å². The summed E-state index contributed by atoms with van der Waals surface area (Å²) >= 11 is 1.86. The number of fused-ring (bicyclic) bond motifs is 1. The van der Waals surface area contributed by atoms with Crippen LogP contribution in [0.25, 0.3) is 0 Å². The lowest BCUT2D eigenvalue weighted by molar-refractivity contribution is 0.133. The van der Waals surface area contributed by atoms with Crippen LogP contribution in [0.5, 0.6) is 0 Å². The first-order chi connectivity index (χ1) is 11.2. The molecule has 0 spiro atoms. The van der Waals surface area contributed by atoms with Crippen molar-refractivity contribution in [3.05, 3.63) is 21.9 Å². The molecule has 23 heavy (non-hydrogen) atoms. The molecular formula is C17H27N3O2S. The molecule has 2 aliphatic heterocycles. The van der Waals surface area contributed by atoms with Gasteiger partial charge in [-0.3, -0.25) is 4.90 Å². The summed E-state index contributed by atoms with van der Waals surface area (Å²) in [5, 5.41) is 14.4. The SMILES string of the molecule is CC(CNC(=O)N1CCC(CO)CC1)N1CCc2sccc2C1. The Morgan fingerprint density at radius 2 is 2.22 bits per heavy atom. The Bertz CT molecular complexity index is 526. The molecule has 3 heterocycles. The minimum Gasteiger partial charge on any atom is -0.396 e. The minimum absolute atomic E-state index is 0.0430. The number of aliphatic hydroxyl groups excluding tert-OH is 1. The van der Waals surface area contributed by atoms with E-state index in [4.69, 9.17) is 5.11 Å². The van der Waals surface area contributed by atoms with Gasteiger partial charge in [0.15, 0.2) is 0 Å². The number of hydrogen-bond donors (Lipinski definition) is 2. The Morgan fingerprint density at radius 3 is 2.96 bits per heavy atom. The fourth-order valence-corrected chi connectivity index (χ4v) is 4.33. The zero-order chi connectivity index (χ0) is 16.2. The highest BCUT2D eigenvalue weighted by atomic mass is 32.1. The Hall–Kier alpha value is -1.11. The van der Waals surface area contributed by atoms with Crippen LogP contribution in [-0.4, -0.2) is 59.8 Å². The van der Waals surface area contributed by atoms with Gasteiger partial charge < -0.3 is 15.3 Å². The summed E-state index contributed by atoms with van der Waals surface area (Å²) in [6.45, 7) is 6.71. The van der Waals surface area contributed by atoms with E-state index in [1.807, 2.05) is 16.2 Å². The molecule has 1 fully saturated rings. The maximum Gasteiger partial charge on any atom is 0.317 e. The number of piperidine rings is 1. The van der Waals surface area contributed by atoms with Crippen molar-refractivity contribution < 1.29 is 9.90 Å². The van der Waals surface area contributed by atoms with Gasteiger partial charge in [0.1, 0.15) is 0 Å². The summed E-state index contributed by atoms with van der Waals surface area (Å²) in [5.41, 5.74) is 1.45. The van der Waals surface area contributed by atoms with E-state index in [2.05, 4.69) is 28.6 Å². The van der Waals surface area contributed by atoms with E-state index in [9.17, 15) is 4.79 Å². The molecule has 0 saturated carbocycles. The van der Waals surface area contributed by atoms with Crippen LogP contribution in [0.3, 0.4) is 0 Å². The van der Waals surface area contributed by atoms with Crippen molar-refractivity contribution in [2.24, 2.45) is 5.92 Å². The second kappa shape index (κ2) is 7.64. The first kappa shape index (κ1) is 16.7. The second-order valence-corrected chi connectivity index (χ2v) is 7.74. The van der Waals surface area contributed by atoms with Crippen LogP contribution in [0.2, 0.25) is 0 Å². The lowest BCUT2D eigenvalue weighted by atomic mass is 9.98. The number of nitrogens with one attached hydrogen (secondary N) is 1. The number of rotatable bonds is 4. The smallest absolute Gasteiger partial charge is 0.317 e. The highest BCUT2D eigenvalue weighted by Crippen LogP contribution is 2.25. The van der Waals surface area contributed by atoms with Crippen molar-refractivity contribution in [2.45, 2.75) is 38.8 Å².